The topological polar surface area (TPSA) is 100.0 Å². The number of aromatic nitrogens is 6. The second-order valence-electron chi connectivity index (χ2n) is 7.20. The summed E-state index contributed by atoms with van der Waals surface area (Å²) < 4.78 is 6.08. The third kappa shape index (κ3) is 2.67. The summed E-state index contributed by atoms with van der Waals surface area (Å²) in [6, 6.07) is 1.71. The van der Waals surface area contributed by atoms with E-state index in [0.717, 1.165) is 17.4 Å². The zero-order valence-corrected chi connectivity index (χ0v) is 16.2. The molecule has 10 heteroatoms. The number of nitrogens with zero attached hydrogens (tertiary/aromatic N) is 7. The van der Waals surface area contributed by atoms with E-state index in [4.69, 9.17) is 0 Å². The van der Waals surface area contributed by atoms with Crippen molar-refractivity contribution < 1.29 is 4.79 Å². The van der Waals surface area contributed by atoms with Gasteiger partial charge in [-0.15, -0.1) is 5.10 Å². The zero-order valence-electron chi connectivity index (χ0n) is 16.2. The maximum Gasteiger partial charge on any atom is 0.332 e. The lowest BCUT2D eigenvalue weighted by Gasteiger charge is -2.18. The van der Waals surface area contributed by atoms with Crippen molar-refractivity contribution in [3.8, 4) is 0 Å². The van der Waals surface area contributed by atoms with E-state index in [9.17, 15) is 14.4 Å². The van der Waals surface area contributed by atoms with Crippen LogP contribution in [0.3, 0.4) is 0 Å². The maximum atomic E-state index is 13.3. The molecule has 0 bridgehead atoms. The van der Waals surface area contributed by atoms with Gasteiger partial charge in [-0.05, 0) is 18.9 Å². The van der Waals surface area contributed by atoms with Gasteiger partial charge in [0, 0.05) is 39.9 Å². The molecule has 1 fully saturated rings. The normalized spacial score (nSPS) is 17.0. The first kappa shape index (κ1) is 18.2. The molecule has 0 aliphatic carbocycles. The second kappa shape index (κ2) is 6.77. The molecular weight excluding hydrogens is 362 g/mol. The Morgan fingerprint density at radius 3 is 2.71 bits per heavy atom. The summed E-state index contributed by atoms with van der Waals surface area (Å²) in [5, 5.41) is 8.25. The fraction of sp³-hybridized carbons (Fsp3) is 0.500. The zero-order chi connectivity index (χ0) is 20.0. The van der Waals surface area contributed by atoms with Crippen LogP contribution in [0.1, 0.15) is 36.3 Å². The number of rotatable bonds is 4. The molecule has 3 aromatic heterocycles. The lowest BCUT2D eigenvalue weighted by Crippen LogP contribution is -2.37. The van der Waals surface area contributed by atoms with Crippen LogP contribution in [0, 0.1) is 0 Å². The van der Waals surface area contributed by atoms with Crippen molar-refractivity contribution in [2.24, 2.45) is 14.1 Å². The number of amides is 1. The van der Waals surface area contributed by atoms with E-state index < -0.39 is 5.69 Å². The summed E-state index contributed by atoms with van der Waals surface area (Å²) in [5.74, 6) is -0.137. The van der Waals surface area contributed by atoms with E-state index in [2.05, 4.69) is 10.3 Å². The summed E-state index contributed by atoms with van der Waals surface area (Å²) in [7, 11) is 3.08. The van der Waals surface area contributed by atoms with Crippen molar-refractivity contribution >= 4 is 16.9 Å². The number of carbonyl (C=O) groups excluding carboxylic acids is 1. The molecule has 4 rings (SSSR count). The Hall–Kier alpha value is -3.17. The first-order chi connectivity index (χ1) is 13.4. The van der Waals surface area contributed by atoms with Crippen LogP contribution < -0.4 is 11.2 Å². The van der Waals surface area contributed by atoms with E-state index >= 15 is 0 Å². The quantitative estimate of drug-likeness (QED) is 0.635. The summed E-state index contributed by atoms with van der Waals surface area (Å²) in [6.45, 7) is 3.68. The van der Waals surface area contributed by atoms with Gasteiger partial charge in [-0.25, -0.2) is 9.48 Å². The van der Waals surface area contributed by atoms with Crippen LogP contribution in [0.5, 0.6) is 0 Å². The largest absolute Gasteiger partial charge is 0.335 e. The number of hydrogen-bond acceptors (Lipinski definition) is 5. The van der Waals surface area contributed by atoms with Crippen molar-refractivity contribution in [3.05, 3.63) is 45.0 Å². The monoisotopic (exact) mass is 385 g/mol. The molecule has 0 N–H and O–H groups in total. The van der Waals surface area contributed by atoms with Crippen LogP contribution in [0.25, 0.3) is 11.0 Å². The van der Waals surface area contributed by atoms with Crippen molar-refractivity contribution in [1.29, 1.82) is 0 Å². The highest BCUT2D eigenvalue weighted by Crippen LogP contribution is 2.24. The van der Waals surface area contributed by atoms with Crippen molar-refractivity contribution in [2.75, 3.05) is 13.1 Å². The molecule has 1 aliphatic heterocycles. The highest BCUT2D eigenvalue weighted by Gasteiger charge is 2.31. The Bertz CT molecular complexity index is 1150. The van der Waals surface area contributed by atoms with Crippen molar-refractivity contribution in [3.63, 3.8) is 0 Å². The minimum absolute atomic E-state index is 0.0904. The predicted octanol–water partition coefficient (Wildman–Crippen LogP) is 0.127. The summed E-state index contributed by atoms with van der Waals surface area (Å²) in [5.41, 5.74) is 0.142. The second-order valence-corrected chi connectivity index (χ2v) is 7.20. The van der Waals surface area contributed by atoms with Crippen LogP contribution in [0.4, 0.5) is 0 Å². The predicted molar refractivity (Wildman–Crippen MR) is 102 cm³/mol. The van der Waals surface area contributed by atoms with Gasteiger partial charge in [0.05, 0.1) is 17.6 Å². The molecule has 1 saturated heterocycles. The van der Waals surface area contributed by atoms with Crippen molar-refractivity contribution in [2.45, 2.75) is 32.4 Å². The highest BCUT2D eigenvalue weighted by molar-refractivity contribution is 5.98. The van der Waals surface area contributed by atoms with Gasteiger partial charge < -0.3 is 9.47 Å². The molecule has 148 valence electrons. The molecule has 0 saturated carbocycles. The van der Waals surface area contributed by atoms with Crippen LogP contribution >= 0.6 is 0 Å². The maximum absolute atomic E-state index is 13.3. The number of likely N-dealkylation sites (tertiary alicyclic amines) is 1. The Labute approximate surface area is 160 Å². The van der Waals surface area contributed by atoms with Gasteiger partial charge >= 0.3 is 5.69 Å². The van der Waals surface area contributed by atoms with E-state index in [-0.39, 0.29) is 17.5 Å². The minimum Gasteiger partial charge on any atom is -0.335 e. The Kier molecular flexibility index (Phi) is 4.40. The molecule has 3 aromatic rings. The summed E-state index contributed by atoms with van der Waals surface area (Å²) in [4.78, 5) is 40.0. The lowest BCUT2D eigenvalue weighted by atomic mass is 10.3. The smallest absolute Gasteiger partial charge is 0.332 e. The Balaban J connectivity index is 1.78. The minimum atomic E-state index is -0.403. The van der Waals surface area contributed by atoms with Gasteiger partial charge in [0.1, 0.15) is 11.3 Å². The van der Waals surface area contributed by atoms with Gasteiger partial charge in [-0.1, -0.05) is 12.1 Å². The van der Waals surface area contributed by atoms with E-state index in [1.807, 2.05) is 6.92 Å². The van der Waals surface area contributed by atoms with Crippen LogP contribution in [-0.4, -0.2) is 52.6 Å². The molecule has 0 unspecified atom stereocenters. The van der Waals surface area contributed by atoms with Crippen molar-refractivity contribution in [1.82, 2.24) is 33.6 Å². The Morgan fingerprint density at radius 2 is 2.04 bits per heavy atom. The molecule has 1 atom stereocenters. The molecule has 0 radical (unpaired) electrons. The average molecular weight is 385 g/mol. The molecule has 0 aromatic carbocycles. The first-order valence-corrected chi connectivity index (χ1v) is 9.38. The first-order valence-electron chi connectivity index (χ1n) is 9.38. The molecule has 10 nitrogen and oxygen atoms in total. The summed E-state index contributed by atoms with van der Waals surface area (Å²) >= 11 is 0. The van der Waals surface area contributed by atoms with Gasteiger partial charge in [0.15, 0.2) is 0 Å². The fourth-order valence-electron chi connectivity index (χ4n) is 3.98. The fourth-order valence-corrected chi connectivity index (χ4v) is 3.98. The van der Waals surface area contributed by atoms with E-state index in [0.29, 0.717) is 36.4 Å². The van der Waals surface area contributed by atoms with E-state index in [1.165, 1.54) is 11.6 Å². The third-order valence-electron chi connectivity index (χ3n) is 5.43. The van der Waals surface area contributed by atoms with Crippen LogP contribution in [0.15, 0.2) is 28.0 Å². The standard InChI is InChI=1S/C18H23N7O3/c1-4-7-24-14(10-13-15(24)21(2)18(28)22(3)16(13)26)17(27)23-8-5-12(11-23)25-9-6-19-20-25/h6,9-10,12H,4-5,7-8,11H2,1-3H3/t12-/m1/s1. The molecule has 1 aliphatic rings. The van der Waals surface area contributed by atoms with Crippen LogP contribution in [-0.2, 0) is 20.6 Å². The van der Waals surface area contributed by atoms with Gasteiger partial charge in [0.2, 0.25) is 0 Å². The SMILES string of the molecule is CCCn1c(C(=O)N2CC[C@@H](n3ccnn3)C2)cc2c(=O)n(C)c(=O)n(C)c21. The summed E-state index contributed by atoms with van der Waals surface area (Å²) in [6.07, 6.45) is 4.99. The van der Waals surface area contributed by atoms with E-state index in [1.54, 1.807) is 39.7 Å². The number of hydrogen-bond donors (Lipinski definition) is 0. The number of fused-ring (bicyclic) bond motifs is 1. The molecule has 4 heterocycles. The number of carbonyl (C=O) groups is 1. The van der Waals surface area contributed by atoms with Gasteiger partial charge in [0.25, 0.3) is 11.5 Å². The molecule has 28 heavy (non-hydrogen) atoms. The average Bonchev–Trinajstić information content (AvgIpc) is 3.43. The molecule has 1 amide bonds. The lowest BCUT2D eigenvalue weighted by molar-refractivity contribution is 0.0776. The third-order valence-corrected chi connectivity index (χ3v) is 5.43. The number of aryl methyl sites for hydroxylation is 2. The Morgan fingerprint density at radius 1 is 1.25 bits per heavy atom. The highest BCUT2D eigenvalue weighted by atomic mass is 16.2. The van der Waals surface area contributed by atoms with Gasteiger partial charge in [-0.2, -0.15) is 0 Å². The van der Waals surface area contributed by atoms with Gasteiger partial charge in [-0.3, -0.25) is 18.7 Å². The molecule has 0 spiro atoms. The molecular formula is C18H23N7O3. The van der Waals surface area contributed by atoms with Crippen LogP contribution in [0.2, 0.25) is 0 Å².